The van der Waals surface area contributed by atoms with Crippen LogP contribution in [0, 0.1) is 0 Å². The number of nitrogen functional groups attached to an aromatic ring is 2. The smallest absolute Gasteiger partial charge is 0.244 e. The van der Waals surface area contributed by atoms with E-state index < -0.39 is 0 Å². The monoisotopic (exact) mass is 227 g/mol. The zero-order valence-electron chi connectivity index (χ0n) is 9.49. The first-order valence-electron chi connectivity index (χ1n) is 5.00. The van der Waals surface area contributed by atoms with E-state index in [0.29, 0.717) is 31.3 Å². The predicted molar refractivity (Wildman–Crippen MR) is 62.4 cm³/mol. The third-order valence-corrected chi connectivity index (χ3v) is 1.84. The molecule has 7 nitrogen and oxygen atoms in total. The third-order valence-electron chi connectivity index (χ3n) is 1.84. The molecule has 0 aromatic carbocycles. The second-order valence-electron chi connectivity index (χ2n) is 2.94. The predicted octanol–water partition coefficient (Wildman–Crippen LogP) is 0.0980. The highest BCUT2D eigenvalue weighted by Gasteiger charge is 2.10. The van der Waals surface area contributed by atoms with E-state index in [1.807, 2.05) is 6.92 Å². The Morgan fingerprint density at radius 2 is 2.00 bits per heavy atom. The van der Waals surface area contributed by atoms with Gasteiger partial charge in [0.05, 0.1) is 6.61 Å². The fraction of sp³-hybridized carbons (Fsp3) is 0.556. The van der Waals surface area contributed by atoms with E-state index in [9.17, 15) is 0 Å². The number of rotatable bonds is 6. The molecule has 0 saturated carbocycles. The van der Waals surface area contributed by atoms with Gasteiger partial charge in [-0.25, -0.2) is 0 Å². The minimum absolute atomic E-state index is 0.116. The highest BCUT2D eigenvalue weighted by atomic mass is 16.5. The van der Waals surface area contributed by atoms with Crippen LogP contribution in [0.25, 0.3) is 0 Å². The number of nitrogens with two attached hydrogens (primary N) is 2. The summed E-state index contributed by atoms with van der Waals surface area (Å²) in [6, 6.07) is 0. The van der Waals surface area contributed by atoms with E-state index in [1.54, 1.807) is 7.05 Å². The van der Waals surface area contributed by atoms with Gasteiger partial charge >= 0.3 is 0 Å². The average molecular weight is 227 g/mol. The molecule has 7 heteroatoms. The van der Waals surface area contributed by atoms with E-state index >= 15 is 0 Å². The Labute approximate surface area is 94.2 Å². The summed E-state index contributed by atoms with van der Waals surface area (Å²) in [6.45, 7) is 3.41. The molecule has 0 aliphatic heterocycles. The minimum atomic E-state index is 0.116. The summed E-state index contributed by atoms with van der Waals surface area (Å²) in [5, 5.41) is 2.81. The molecule has 0 saturated heterocycles. The minimum Gasteiger partial charge on any atom is -0.474 e. The lowest BCUT2D eigenvalue weighted by Crippen LogP contribution is -2.12. The average Bonchev–Trinajstić information content (AvgIpc) is 2.28. The maximum Gasteiger partial charge on any atom is 0.244 e. The van der Waals surface area contributed by atoms with Crippen molar-refractivity contribution in [3.8, 4) is 5.88 Å². The number of hydrogen-bond donors (Lipinski definition) is 3. The molecular weight excluding hydrogens is 210 g/mol. The lowest BCUT2D eigenvalue weighted by molar-refractivity contribution is 0.109. The zero-order valence-corrected chi connectivity index (χ0v) is 9.49. The molecule has 0 aliphatic carbocycles. The van der Waals surface area contributed by atoms with Crippen LogP contribution in [0.2, 0.25) is 0 Å². The van der Waals surface area contributed by atoms with Crippen LogP contribution in [0.5, 0.6) is 5.88 Å². The Morgan fingerprint density at radius 3 is 2.62 bits per heavy atom. The second kappa shape index (κ2) is 5.96. The van der Waals surface area contributed by atoms with Crippen molar-refractivity contribution >= 4 is 17.5 Å². The van der Waals surface area contributed by atoms with Crippen LogP contribution in [-0.2, 0) is 4.74 Å². The van der Waals surface area contributed by atoms with Gasteiger partial charge in [0.15, 0.2) is 5.82 Å². The fourth-order valence-electron chi connectivity index (χ4n) is 1.11. The summed E-state index contributed by atoms with van der Waals surface area (Å²) in [7, 11) is 1.70. The SMILES string of the molecule is CCOCCOc1nc(N)nc(NC)c1N. The van der Waals surface area contributed by atoms with Crippen LogP contribution in [0.3, 0.4) is 0 Å². The normalized spacial score (nSPS) is 10.1. The van der Waals surface area contributed by atoms with Gasteiger partial charge in [0, 0.05) is 13.7 Å². The van der Waals surface area contributed by atoms with Gasteiger partial charge in [-0.05, 0) is 6.92 Å². The van der Waals surface area contributed by atoms with E-state index in [4.69, 9.17) is 20.9 Å². The number of ether oxygens (including phenoxy) is 2. The molecule has 0 fully saturated rings. The highest BCUT2D eigenvalue weighted by Crippen LogP contribution is 2.26. The molecule has 1 rings (SSSR count). The summed E-state index contributed by atoms with van der Waals surface area (Å²) in [5.74, 6) is 0.848. The maximum atomic E-state index is 5.77. The largest absolute Gasteiger partial charge is 0.474 e. The van der Waals surface area contributed by atoms with Gasteiger partial charge in [0.1, 0.15) is 12.3 Å². The number of aromatic nitrogens is 2. The molecule has 16 heavy (non-hydrogen) atoms. The van der Waals surface area contributed by atoms with E-state index in [0.717, 1.165) is 0 Å². The van der Waals surface area contributed by atoms with Crippen LogP contribution >= 0.6 is 0 Å². The molecule has 0 amide bonds. The van der Waals surface area contributed by atoms with Crippen molar-refractivity contribution in [1.29, 1.82) is 0 Å². The molecule has 0 aliphatic rings. The van der Waals surface area contributed by atoms with E-state index in [2.05, 4.69) is 15.3 Å². The summed E-state index contributed by atoms with van der Waals surface area (Å²) in [4.78, 5) is 7.82. The van der Waals surface area contributed by atoms with Crippen LogP contribution in [0.15, 0.2) is 0 Å². The van der Waals surface area contributed by atoms with Gasteiger partial charge in [-0.1, -0.05) is 0 Å². The van der Waals surface area contributed by atoms with Crippen LogP contribution in [-0.4, -0.2) is 36.8 Å². The molecule has 0 atom stereocenters. The van der Waals surface area contributed by atoms with Gasteiger partial charge in [-0.15, -0.1) is 0 Å². The first-order valence-corrected chi connectivity index (χ1v) is 5.00. The second-order valence-corrected chi connectivity index (χ2v) is 2.94. The highest BCUT2D eigenvalue weighted by molar-refractivity contribution is 5.68. The van der Waals surface area contributed by atoms with Crippen molar-refractivity contribution in [3.05, 3.63) is 0 Å². The first-order chi connectivity index (χ1) is 7.69. The van der Waals surface area contributed by atoms with Gasteiger partial charge in [-0.2, -0.15) is 9.97 Å². The van der Waals surface area contributed by atoms with Crippen molar-refractivity contribution in [3.63, 3.8) is 0 Å². The molecule has 1 aromatic heterocycles. The number of anilines is 3. The van der Waals surface area contributed by atoms with E-state index in [-0.39, 0.29) is 11.8 Å². The molecule has 0 unspecified atom stereocenters. The molecule has 1 aromatic rings. The topological polar surface area (TPSA) is 108 Å². The number of nitrogens with one attached hydrogen (secondary N) is 1. The van der Waals surface area contributed by atoms with Crippen molar-refractivity contribution in [2.24, 2.45) is 0 Å². The van der Waals surface area contributed by atoms with Gasteiger partial charge in [-0.3, -0.25) is 0 Å². The lowest BCUT2D eigenvalue weighted by atomic mass is 10.4. The standard InChI is InChI=1S/C9H17N5O2/c1-3-15-4-5-16-8-6(10)7(12-2)13-9(11)14-8/h3-5,10H2,1-2H3,(H3,11,12,13,14). The van der Waals surface area contributed by atoms with Crippen molar-refractivity contribution < 1.29 is 9.47 Å². The Morgan fingerprint density at radius 1 is 1.25 bits per heavy atom. The maximum absolute atomic E-state index is 5.77. The number of hydrogen-bond acceptors (Lipinski definition) is 7. The molecule has 1 heterocycles. The van der Waals surface area contributed by atoms with Gasteiger partial charge in [0.2, 0.25) is 11.8 Å². The molecular formula is C9H17N5O2. The summed E-state index contributed by atoms with van der Waals surface area (Å²) in [6.07, 6.45) is 0. The Bertz CT molecular complexity index is 345. The number of nitrogens with zero attached hydrogens (tertiary/aromatic N) is 2. The van der Waals surface area contributed by atoms with Crippen molar-refractivity contribution in [1.82, 2.24) is 9.97 Å². The summed E-state index contributed by atoms with van der Waals surface area (Å²) >= 11 is 0. The van der Waals surface area contributed by atoms with Gasteiger partial charge in [0.25, 0.3) is 0 Å². The lowest BCUT2D eigenvalue weighted by Gasteiger charge is -2.11. The Balaban J connectivity index is 2.67. The Kier molecular flexibility index (Phi) is 4.59. The molecule has 5 N–H and O–H groups in total. The molecule has 0 radical (unpaired) electrons. The third kappa shape index (κ3) is 3.13. The molecule has 0 bridgehead atoms. The fourth-order valence-corrected chi connectivity index (χ4v) is 1.11. The van der Waals surface area contributed by atoms with Crippen LogP contribution in [0.4, 0.5) is 17.5 Å². The quantitative estimate of drug-likeness (QED) is 0.591. The summed E-state index contributed by atoms with van der Waals surface area (Å²) in [5.41, 5.74) is 11.6. The summed E-state index contributed by atoms with van der Waals surface area (Å²) < 4.78 is 10.5. The molecule has 90 valence electrons. The first kappa shape index (κ1) is 12.3. The van der Waals surface area contributed by atoms with Crippen molar-refractivity contribution in [2.75, 3.05) is 43.7 Å². The Hall–Kier alpha value is -1.76. The van der Waals surface area contributed by atoms with Gasteiger partial charge < -0.3 is 26.3 Å². The zero-order chi connectivity index (χ0) is 12.0. The van der Waals surface area contributed by atoms with E-state index in [1.165, 1.54) is 0 Å². The van der Waals surface area contributed by atoms with Crippen LogP contribution in [0.1, 0.15) is 6.92 Å². The van der Waals surface area contributed by atoms with Crippen LogP contribution < -0.4 is 21.5 Å². The molecule has 0 spiro atoms. The van der Waals surface area contributed by atoms with Crippen molar-refractivity contribution in [2.45, 2.75) is 6.92 Å².